The quantitative estimate of drug-likeness (QED) is 0.143. The molecule has 0 aliphatic heterocycles. The second kappa shape index (κ2) is 15.4. The summed E-state index contributed by atoms with van der Waals surface area (Å²) >= 11 is 4.32. The van der Waals surface area contributed by atoms with Crippen molar-refractivity contribution in [3.63, 3.8) is 0 Å². The number of aliphatic imine (C=N–C) groups is 1. The Morgan fingerprint density at radius 3 is 2.06 bits per heavy atom. The fourth-order valence-electron chi connectivity index (χ4n) is 4.10. The van der Waals surface area contributed by atoms with Crippen LogP contribution in [-0.2, 0) is 4.74 Å². The van der Waals surface area contributed by atoms with E-state index in [2.05, 4.69) is 112 Å². The maximum Gasteiger partial charge on any atom is 0.0629 e. The van der Waals surface area contributed by atoms with E-state index in [1.807, 2.05) is 0 Å². The van der Waals surface area contributed by atoms with Gasteiger partial charge in [-0.3, -0.25) is 4.99 Å². The molecule has 0 aromatic heterocycles. The van der Waals surface area contributed by atoms with E-state index in [9.17, 15) is 0 Å². The van der Waals surface area contributed by atoms with Crippen LogP contribution in [0.1, 0.15) is 108 Å². The first-order valence-electron chi connectivity index (χ1n) is 14.0. The zero-order valence-corrected chi connectivity index (χ0v) is 26.6. The lowest BCUT2D eigenvalue weighted by Crippen LogP contribution is -2.37. The monoisotopic (exact) mass is 526 g/mol. The van der Waals surface area contributed by atoms with Gasteiger partial charge in [-0.15, -0.1) is 0 Å². The fraction of sp³-hybridized carbons (Fsp3) is 0.900. The molecule has 0 bridgehead atoms. The lowest BCUT2D eigenvalue weighted by atomic mass is 9.84. The SMILES string of the molecule is C=C(CCC(C)(C)OCCC(C)(C)C(C)=NC(C)CSC1CCC1SCC(C)NC(C)C)C(C)C. The molecule has 0 spiro atoms. The van der Waals surface area contributed by atoms with Crippen LogP contribution >= 0.6 is 23.5 Å². The van der Waals surface area contributed by atoms with E-state index < -0.39 is 0 Å². The summed E-state index contributed by atoms with van der Waals surface area (Å²) in [5.74, 6) is 2.89. The van der Waals surface area contributed by atoms with Crippen molar-refractivity contribution in [2.45, 2.75) is 142 Å². The number of hydrogen-bond donors (Lipinski definition) is 1. The fourth-order valence-corrected chi connectivity index (χ4v) is 7.11. The molecule has 1 aliphatic carbocycles. The van der Waals surface area contributed by atoms with Crippen molar-refractivity contribution >= 4 is 29.2 Å². The minimum absolute atomic E-state index is 0.0605. The molecular formula is C30H58N2OS2. The molecule has 0 saturated heterocycles. The van der Waals surface area contributed by atoms with Crippen LogP contribution in [0, 0.1) is 11.3 Å². The molecule has 0 radical (unpaired) electrons. The van der Waals surface area contributed by atoms with Gasteiger partial charge in [0.1, 0.15) is 0 Å². The second-order valence-corrected chi connectivity index (χ2v) is 15.2. The van der Waals surface area contributed by atoms with E-state index in [0.717, 1.165) is 42.1 Å². The van der Waals surface area contributed by atoms with Crippen LogP contribution in [0.4, 0.5) is 0 Å². The zero-order valence-electron chi connectivity index (χ0n) is 25.0. The van der Waals surface area contributed by atoms with Crippen LogP contribution in [0.15, 0.2) is 17.1 Å². The molecule has 0 aromatic carbocycles. The molecule has 206 valence electrons. The molecular weight excluding hydrogens is 468 g/mol. The minimum Gasteiger partial charge on any atom is -0.376 e. The Kier molecular flexibility index (Phi) is 14.6. The Balaban J connectivity index is 2.39. The molecule has 1 saturated carbocycles. The summed E-state index contributed by atoms with van der Waals surface area (Å²) in [6, 6.07) is 1.52. The number of hydrogen-bond acceptors (Lipinski definition) is 5. The Morgan fingerprint density at radius 1 is 0.971 bits per heavy atom. The van der Waals surface area contributed by atoms with Gasteiger partial charge in [0.15, 0.2) is 0 Å². The molecule has 3 nitrogen and oxygen atoms in total. The van der Waals surface area contributed by atoms with Crippen molar-refractivity contribution in [1.29, 1.82) is 0 Å². The molecule has 4 atom stereocenters. The van der Waals surface area contributed by atoms with Crippen molar-refractivity contribution in [2.75, 3.05) is 18.1 Å². The van der Waals surface area contributed by atoms with Gasteiger partial charge in [-0.05, 0) is 72.6 Å². The second-order valence-electron chi connectivity index (χ2n) is 12.7. The van der Waals surface area contributed by atoms with E-state index >= 15 is 0 Å². The summed E-state index contributed by atoms with van der Waals surface area (Å²) in [7, 11) is 0. The number of thioether (sulfide) groups is 2. The van der Waals surface area contributed by atoms with E-state index in [-0.39, 0.29) is 11.0 Å². The van der Waals surface area contributed by atoms with E-state index in [1.165, 1.54) is 29.9 Å². The molecule has 1 aliphatic rings. The third kappa shape index (κ3) is 13.4. The van der Waals surface area contributed by atoms with Gasteiger partial charge in [0.05, 0.1) is 11.6 Å². The van der Waals surface area contributed by atoms with Crippen LogP contribution in [0.5, 0.6) is 0 Å². The Bertz CT molecular complexity index is 657. The lowest BCUT2D eigenvalue weighted by Gasteiger charge is -2.37. The van der Waals surface area contributed by atoms with Crippen LogP contribution in [0.3, 0.4) is 0 Å². The lowest BCUT2D eigenvalue weighted by molar-refractivity contribution is -0.0302. The molecule has 5 heteroatoms. The van der Waals surface area contributed by atoms with Gasteiger partial charge in [-0.1, -0.05) is 53.7 Å². The maximum absolute atomic E-state index is 6.32. The summed E-state index contributed by atoms with van der Waals surface area (Å²) in [5.41, 5.74) is 2.53. The molecule has 35 heavy (non-hydrogen) atoms. The molecule has 0 heterocycles. The standard InChI is InChI=1S/C30H58N2OS2/c1-21(2)23(5)15-16-30(11,12)33-18-17-29(9,10)26(8)32-25(7)20-35-28-14-13-27(28)34-19-24(6)31-22(3)4/h21-22,24-25,27-28,31H,5,13-20H2,1-4,6-12H3. The summed E-state index contributed by atoms with van der Waals surface area (Å²) in [6.07, 6.45) is 5.81. The molecule has 1 fully saturated rings. The minimum atomic E-state index is -0.108. The van der Waals surface area contributed by atoms with E-state index in [4.69, 9.17) is 9.73 Å². The highest BCUT2D eigenvalue weighted by Gasteiger charge is 2.32. The summed E-state index contributed by atoms with van der Waals surface area (Å²) < 4.78 is 6.32. The van der Waals surface area contributed by atoms with Gasteiger partial charge < -0.3 is 10.1 Å². The maximum atomic E-state index is 6.32. The smallest absolute Gasteiger partial charge is 0.0629 e. The largest absolute Gasteiger partial charge is 0.376 e. The highest BCUT2D eigenvalue weighted by Crippen LogP contribution is 2.40. The Hall–Kier alpha value is 0.0300. The van der Waals surface area contributed by atoms with Gasteiger partial charge >= 0.3 is 0 Å². The van der Waals surface area contributed by atoms with E-state index in [1.54, 1.807) is 0 Å². The normalized spacial score (nSPS) is 21.3. The average molecular weight is 527 g/mol. The van der Waals surface area contributed by atoms with Crippen LogP contribution in [0.25, 0.3) is 0 Å². The highest BCUT2D eigenvalue weighted by atomic mass is 32.2. The predicted octanol–water partition coefficient (Wildman–Crippen LogP) is 8.42. The zero-order chi connectivity index (χ0) is 26.8. The number of allylic oxidation sites excluding steroid dienone is 1. The summed E-state index contributed by atoms with van der Waals surface area (Å²) in [4.78, 5) is 5.12. The Morgan fingerprint density at radius 2 is 1.54 bits per heavy atom. The Labute approximate surface area is 227 Å². The van der Waals surface area contributed by atoms with Gasteiger partial charge in [-0.25, -0.2) is 0 Å². The van der Waals surface area contributed by atoms with Crippen molar-refractivity contribution in [3.05, 3.63) is 12.2 Å². The van der Waals surface area contributed by atoms with Crippen molar-refractivity contribution in [3.8, 4) is 0 Å². The van der Waals surface area contributed by atoms with Gasteiger partial charge in [0, 0.05) is 51.8 Å². The van der Waals surface area contributed by atoms with Crippen LogP contribution in [-0.4, -0.2) is 58.1 Å². The summed E-state index contributed by atoms with van der Waals surface area (Å²) in [6.45, 7) is 29.7. The van der Waals surface area contributed by atoms with Gasteiger partial charge in [0.2, 0.25) is 0 Å². The number of rotatable bonds is 18. The first kappa shape index (κ1) is 33.1. The van der Waals surface area contributed by atoms with Crippen molar-refractivity contribution in [1.82, 2.24) is 5.32 Å². The third-order valence-electron chi connectivity index (χ3n) is 7.36. The number of nitrogens with one attached hydrogen (secondary N) is 1. The first-order valence-corrected chi connectivity index (χ1v) is 16.1. The van der Waals surface area contributed by atoms with Gasteiger partial charge in [0.25, 0.3) is 0 Å². The topological polar surface area (TPSA) is 33.6 Å². The summed E-state index contributed by atoms with van der Waals surface area (Å²) in [5, 5.41) is 5.25. The average Bonchev–Trinajstić information content (AvgIpc) is 2.70. The number of ether oxygens (including phenoxy) is 1. The molecule has 1 rings (SSSR count). The van der Waals surface area contributed by atoms with Crippen molar-refractivity contribution in [2.24, 2.45) is 16.3 Å². The molecule has 1 N–H and O–H groups in total. The van der Waals surface area contributed by atoms with Crippen molar-refractivity contribution < 1.29 is 4.74 Å². The third-order valence-corrected chi connectivity index (χ3v) is 10.9. The van der Waals surface area contributed by atoms with E-state index in [0.29, 0.717) is 24.0 Å². The molecule has 4 unspecified atom stereocenters. The predicted molar refractivity (Wildman–Crippen MR) is 164 cm³/mol. The molecule has 0 amide bonds. The number of nitrogens with zero attached hydrogens (tertiary/aromatic N) is 1. The first-order chi connectivity index (χ1) is 16.1. The molecule has 0 aromatic rings. The van der Waals surface area contributed by atoms with Crippen LogP contribution in [0.2, 0.25) is 0 Å². The van der Waals surface area contributed by atoms with Gasteiger partial charge in [-0.2, -0.15) is 23.5 Å². The van der Waals surface area contributed by atoms with Crippen LogP contribution < -0.4 is 5.32 Å². The highest BCUT2D eigenvalue weighted by molar-refractivity contribution is 8.04.